The number of piperidine rings is 1. The van der Waals surface area contributed by atoms with Crippen molar-refractivity contribution in [3.63, 3.8) is 0 Å². The third-order valence-electron chi connectivity index (χ3n) is 7.36. The number of carboxylic acid groups (broad SMARTS) is 1. The largest absolute Gasteiger partial charge is 0.493 e. The Balaban J connectivity index is 1.15. The number of nitrogens with one attached hydrogen (secondary N) is 1. The Morgan fingerprint density at radius 1 is 0.975 bits per heavy atom. The van der Waals surface area contributed by atoms with Crippen LogP contribution in [0, 0.1) is 5.92 Å². The molecule has 4 aromatic rings. The van der Waals surface area contributed by atoms with Crippen LogP contribution >= 0.6 is 0 Å². The molecular weight excluding hydrogens is 502 g/mol. The van der Waals surface area contributed by atoms with E-state index in [2.05, 4.69) is 46.4 Å². The van der Waals surface area contributed by atoms with Crippen LogP contribution in [0.5, 0.6) is 5.75 Å². The average Bonchev–Trinajstić information content (AvgIpc) is 3.01. The van der Waals surface area contributed by atoms with E-state index >= 15 is 0 Å². The summed E-state index contributed by atoms with van der Waals surface area (Å²) in [4.78, 5) is 31.2. The normalized spacial score (nSPS) is 13.6. The molecule has 2 N–H and O–H groups in total. The van der Waals surface area contributed by atoms with Crippen molar-refractivity contribution < 1.29 is 19.4 Å². The van der Waals surface area contributed by atoms with Crippen molar-refractivity contribution in [2.75, 3.05) is 29.9 Å². The van der Waals surface area contributed by atoms with Gasteiger partial charge in [0, 0.05) is 18.7 Å². The molecule has 1 aromatic heterocycles. The van der Waals surface area contributed by atoms with Crippen molar-refractivity contribution in [3.8, 4) is 16.9 Å². The quantitative estimate of drug-likeness (QED) is 0.252. The second-order valence-corrected chi connectivity index (χ2v) is 10.0. The maximum absolute atomic E-state index is 13.2. The summed E-state index contributed by atoms with van der Waals surface area (Å²) >= 11 is 0. The molecular formula is C33H33N3O4. The van der Waals surface area contributed by atoms with Gasteiger partial charge in [-0.25, -0.2) is 9.78 Å². The van der Waals surface area contributed by atoms with E-state index in [1.54, 1.807) is 30.5 Å². The number of carbonyl (C=O) groups excluding carboxylic acids is 1. The number of aromatic nitrogens is 1. The van der Waals surface area contributed by atoms with Crippen molar-refractivity contribution in [3.05, 3.63) is 108 Å². The second kappa shape index (κ2) is 12.5. The standard InChI is InChI=1S/C33H33N3O4/c1-2-23-10-12-25(13-11-23)29-8-3-4-9-30(29)32(37)35-27-14-15-31(34-21-27)36-18-16-24(17-19-36)22-40-28-7-5-6-26(20-28)33(38)39/h3-15,20-21,24H,2,16-19,22H2,1H3,(H,35,37)(H,38,39). The second-order valence-electron chi connectivity index (χ2n) is 10.0. The maximum atomic E-state index is 13.2. The van der Waals surface area contributed by atoms with Gasteiger partial charge in [0.2, 0.25) is 0 Å². The first kappa shape index (κ1) is 26.9. The van der Waals surface area contributed by atoms with E-state index in [1.807, 2.05) is 36.4 Å². The van der Waals surface area contributed by atoms with E-state index in [0.717, 1.165) is 49.3 Å². The minimum atomic E-state index is -0.959. The number of carboxylic acids is 1. The summed E-state index contributed by atoms with van der Waals surface area (Å²) in [6.45, 7) is 4.39. The van der Waals surface area contributed by atoms with Crippen LogP contribution in [0.1, 0.15) is 46.0 Å². The molecule has 0 aliphatic carbocycles. The van der Waals surface area contributed by atoms with Crippen LogP contribution < -0.4 is 15.0 Å². The van der Waals surface area contributed by atoms with Gasteiger partial charge < -0.3 is 20.1 Å². The van der Waals surface area contributed by atoms with Gasteiger partial charge in [-0.3, -0.25) is 4.79 Å². The Kier molecular flexibility index (Phi) is 8.40. The summed E-state index contributed by atoms with van der Waals surface area (Å²) in [5.41, 5.74) is 4.67. The number of rotatable bonds is 9. The highest BCUT2D eigenvalue weighted by atomic mass is 16.5. The van der Waals surface area contributed by atoms with Crippen molar-refractivity contribution >= 4 is 23.4 Å². The van der Waals surface area contributed by atoms with E-state index in [0.29, 0.717) is 29.5 Å². The Hall–Kier alpha value is -4.65. The molecule has 0 bridgehead atoms. The first-order valence-corrected chi connectivity index (χ1v) is 13.7. The highest BCUT2D eigenvalue weighted by Gasteiger charge is 2.21. The average molecular weight is 536 g/mol. The molecule has 1 fully saturated rings. The number of carbonyl (C=O) groups is 2. The van der Waals surface area contributed by atoms with Gasteiger partial charge in [-0.1, -0.05) is 55.5 Å². The smallest absolute Gasteiger partial charge is 0.335 e. The van der Waals surface area contributed by atoms with Crippen molar-refractivity contribution in [2.24, 2.45) is 5.92 Å². The van der Waals surface area contributed by atoms with Crippen LogP contribution in [-0.4, -0.2) is 41.7 Å². The van der Waals surface area contributed by atoms with E-state index in [1.165, 1.54) is 5.56 Å². The van der Waals surface area contributed by atoms with Gasteiger partial charge in [0.1, 0.15) is 11.6 Å². The number of amides is 1. The van der Waals surface area contributed by atoms with E-state index in [-0.39, 0.29) is 11.5 Å². The van der Waals surface area contributed by atoms with Crippen molar-refractivity contribution in [1.82, 2.24) is 4.98 Å². The molecule has 3 aromatic carbocycles. The van der Waals surface area contributed by atoms with Crippen LogP contribution in [0.25, 0.3) is 11.1 Å². The lowest BCUT2D eigenvalue weighted by Crippen LogP contribution is -2.36. The minimum Gasteiger partial charge on any atom is -0.493 e. The number of pyridine rings is 1. The molecule has 40 heavy (non-hydrogen) atoms. The maximum Gasteiger partial charge on any atom is 0.335 e. The number of anilines is 2. The lowest BCUT2D eigenvalue weighted by molar-refractivity contribution is 0.0696. The molecule has 7 nitrogen and oxygen atoms in total. The first-order valence-electron chi connectivity index (χ1n) is 13.7. The number of aryl methyl sites for hydroxylation is 1. The van der Waals surface area contributed by atoms with Crippen LogP contribution in [0.3, 0.4) is 0 Å². The van der Waals surface area contributed by atoms with Crippen LogP contribution in [0.15, 0.2) is 91.1 Å². The number of aromatic carboxylic acids is 1. The number of hydrogen-bond acceptors (Lipinski definition) is 5. The predicted octanol–water partition coefficient (Wildman–Crippen LogP) is 6.56. The summed E-state index contributed by atoms with van der Waals surface area (Å²) in [7, 11) is 0. The first-order chi connectivity index (χ1) is 19.5. The van der Waals surface area contributed by atoms with E-state index in [4.69, 9.17) is 9.84 Å². The zero-order chi connectivity index (χ0) is 27.9. The van der Waals surface area contributed by atoms with E-state index < -0.39 is 5.97 Å². The van der Waals surface area contributed by atoms with Crippen LogP contribution in [0.4, 0.5) is 11.5 Å². The molecule has 1 amide bonds. The molecule has 0 radical (unpaired) electrons. The monoisotopic (exact) mass is 535 g/mol. The van der Waals surface area contributed by atoms with Gasteiger partial charge in [0.25, 0.3) is 5.91 Å². The van der Waals surface area contributed by atoms with Crippen LogP contribution in [0.2, 0.25) is 0 Å². The summed E-state index contributed by atoms with van der Waals surface area (Å²) in [5.74, 6) is 0.724. The Morgan fingerprint density at radius 2 is 1.75 bits per heavy atom. The highest BCUT2D eigenvalue weighted by molar-refractivity contribution is 6.08. The summed E-state index contributed by atoms with van der Waals surface area (Å²) < 4.78 is 5.88. The molecule has 2 heterocycles. The molecule has 7 heteroatoms. The molecule has 0 spiro atoms. The molecule has 5 rings (SSSR count). The molecule has 1 aliphatic rings. The number of benzene rings is 3. The molecule has 1 aliphatic heterocycles. The third kappa shape index (κ3) is 6.49. The van der Waals surface area contributed by atoms with E-state index in [9.17, 15) is 9.59 Å². The molecule has 204 valence electrons. The summed E-state index contributed by atoms with van der Waals surface area (Å²) in [6, 6.07) is 26.4. The number of hydrogen-bond donors (Lipinski definition) is 2. The highest BCUT2D eigenvalue weighted by Crippen LogP contribution is 2.27. The van der Waals surface area contributed by atoms with Gasteiger partial charge in [-0.05, 0) is 78.3 Å². The Morgan fingerprint density at radius 3 is 2.45 bits per heavy atom. The predicted molar refractivity (Wildman–Crippen MR) is 157 cm³/mol. The zero-order valence-corrected chi connectivity index (χ0v) is 22.5. The SMILES string of the molecule is CCc1ccc(-c2ccccc2C(=O)Nc2ccc(N3CCC(COc4cccc(C(=O)O)c4)CC3)nc2)cc1. The zero-order valence-electron chi connectivity index (χ0n) is 22.5. The fourth-order valence-electron chi connectivity index (χ4n) is 4.96. The minimum absolute atomic E-state index is 0.167. The number of ether oxygens (including phenoxy) is 1. The summed E-state index contributed by atoms with van der Waals surface area (Å²) in [5, 5.41) is 12.2. The Bertz CT molecular complexity index is 1460. The van der Waals surface area contributed by atoms with Gasteiger partial charge >= 0.3 is 5.97 Å². The number of nitrogens with zero attached hydrogens (tertiary/aromatic N) is 2. The van der Waals surface area contributed by atoms with Gasteiger partial charge in [0.05, 0.1) is 24.1 Å². The van der Waals surface area contributed by atoms with Gasteiger partial charge in [-0.2, -0.15) is 0 Å². The lowest BCUT2D eigenvalue weighted by Gasteiger charge is -2.32. The molecule has 1 saturated heterocycles. The molecule has 0 atom stereocenters. The van der Waals surface area contributed by atoms with Gasteiger partial charge in [0.15, 0.2) is 0 Å². The third-order valence-corrected chi connectivity index (χ3v) is 7.36. The van der Waals surface area contributed by atoms with Crippen LogP contribution in [-0.2, 0) is 6.42 Å². The lowest BCUT2D eigenvalue weighted by atomic mass is 9.97. The Labute approximate surface area is 234 Å². The topological polar surface area (TPSA) is 91.8 Å². The van der Waals surface area contributed by atoms with Gasteiger partial charge in [-0.15, -0.1) is 0 Å². The van der Waals surface area contributed by atoms with Crippen molar-refractivity contribution in [1.29, 1.82) is 0 Å². The van der Waals surface area contributed by atoms with Crippen molar-refractivity contribution in [2.45, 2.75) is 26.2 Å². The molecule has 0 unspecified atom stereocenters. The molecule has 0 saturated carbocycles. The fourth-order valence-corrected chi connectivity index (χ4v) is 4.96. The summed E-state index contributed by atoms with van der Waals surface area (Å²) in [6.07, 6.45) is 4.59. The fraction of sp³-hybridized carbons (Fsp3) is 0.242.